The third-order valence-corrected chi connectivity index (χ3v) is 2.64. The van der Waals surface area contributed by atoms with Crippen molar-refractivity contribution in [2.45, 2.75) is 38.2 Å². The lowest BCUT2D eigenvalue weighted by atomic mass is 9.96. The zero-order valence-corrected chi connectivity index (χ0v) is 8.56. The van der Waals surface area contributed by atoms with Crippen LogP contribution >= 0.6 is 0 Å². The van der Waals surface area contributed by atoms with Crippen LogP contribution in [0.4, 0.5) is 0 Å². The van der Waals surface area contributed by atoms with Crippen molar-refractivity contribution in [3.05, 3.63) is 12.2 Å². The summed E-state index contributed by atoms with van der Waals surface area (Å²) in [7, 11) is 0. The average Bonchev–Trinajstić information content (AvgIpc) is 2.47. The number of aliphatic hydroxyl groups is 1. The van der Waals surface area contributed by atoms with E-state index in [2.05, 4.69) is 0 Å². The van der Waals surface area contributed by atoms with Crippen molar-refractivity contribution in [3.63, 3.8) is 0 Å². The third-order valence-electron chi connectivity index (χ3n) is 2.64. The molecule has 0 fully saturated rings. The standard InChI is InChI=1S/C11H16O4/c12-9-6-7-10(13)8(9)4-2-1-3-5-11(14)15/h6-9,12H,1-5H2,(H,14,15). The van der Waals surface area contributed by atoms with E-state index in [9.17, 15) is 14.7 Å². The number of carboxylic acids is 1. The van der Waals surface area contributed by atoms with Crippen LogP contribution in [0, 0.1) is 5.92 Å². The van der Waals surface area contributed by atoms with Gasteiger partial charge < -0.3 is 10.2 Å². The molecule has 1 aliphatic rings. The lowest BCUT2D eigenvalue weighted by Crippen LogP contribution is -2.19. The smallest absolute Gasteiger partial charge is 0.303 e. The van der Waals surface area contributed by atoms with Gasteiger partial charge in [-0.15, -0.1) is 0 Å². The Morgan fingerprint density at radius 3 is 2.60 bits per heavy atom. The molecular formula is C11H16O4. The third kappa shape index (κ3) is 3.83. The molecule has 0 spiro atoms. The van der Waals surface area contributed by atoms with Crippen LogP contribution < -0.4 is 0 Å². The second kappa shape index (κ2) is 5.66. The van der Waals surface area contributed by atoms with Crippen LogP contribution in [0.1, 0.15) is 32.1 Å². The normalized spacial score (nSPS) is 24.7. The fraction of sp³-hybridized carbons (Fsp3) is 0.636. The van der Waals surface area contributed by atoms with Crippen molar-refractivity contribution in [2.24, 2.45) is 5.92 Å². The molecule has 0 aromatic rings. The van der Waals surface area contributed by atoms with Gasteiger partial charge in [-0.05, 0) is 18.9 Å². The first-order valence-electron chi connectivity index (χ1n) is 5.23. The Balaban J connectivity index is 2.10. The minimum absolute atomic E-state index is 0.0132. The Bertz CT molecular complexity index is 270. The highest BCUT2D eigenvalue weighted by Crippen LogP contribution is 2.21. The van der Waals surface area contributed by atoms with Gasteiger partial charge in [0.2, 0.25) is 0 Å². The minimum Gasteiger partial charge on any atom is -0.481 e. The first-order chi connectivity index (χ1) is 7.11. The summed E-state index contributed by atoms with van der Waals surface area (Å²) >= 11 is 0. The lowest BCUT2D eigenvalue weighted by molar-refractivity contribution is -0.137. The molecule has 2 unspecified atom stereocenters. The molecule has 84 valence electrons. The number of hydrogen-bond acceptors (Lipinski definition) is 3. The van der Waals surface area contributed by atoms with Crippen LogP contribution in [0.15, 0.2) is 12.2 Å². The van der Waals surface area contributed by atoms with Gasteiger partial charge >= 0.3 is 5.97 Å². The molecule has 0 radical (unpaired) electrons. The predicted molar refractivity (Wildman–Crippen MR) is 54.4 cm³/mol. The average molecular weight is 212 g/mol. The summed E-state index contributed by atoms with van der Waals surface area (Å²) in [4.78, 5) is 21.4. The van der Waals surface area contributed by atoms with Gasteiger partial charge in [0, 0.05) is 6.42 Å². The van der Waals surface area contributed by atoms with Crippen molar-refractivity contribution in [1.82, 2.24) is 0 Å². The molecule has 0 aliphatic heterocycles. The summed E-state index contributed by atoms with van der Waals surface area (Å²) in [6.45, 7) is 0. The Hall–Kier alpha value is -1.16. The highest BCUT2D eigenvalue weighted by atomic mass is 16.4. The summed E-state index contributed by atoms with van der Waals surface area (Å²) in [6, 6.07) is 0. The number of carbonyl (C=O) groups excluding carboxylic acids is 1. The van der Waals surface area contributed by atoms with E-state index in [1.807, 2.05) is 0 Å². The highest BCUT2D eigenvalue weighted by molar-refractivity contribution is 5.94. The van der Waals surface area contributed by atoms with Gasteiger partial charge in [0.25, 0.3) is 0 Å². The van der Waals surface area contributed by atoms with Crippen molar-refractivity contribution < 1.29 is 19.8 Å². The molecule has 0 bridgehead atoms. The molecule has 0 aromatic carbocycles. The Labute approximate surface area is 88.6 Å². The topological polar surface area (TPSA) is 74.6 Å². The SMILES string of the molecule is O=C(O)CCCCCC1C(=O)C=CC1O. The first kappa shape index (κ1) is 11.9. The first-order valence-corrected chi connectivity index (χ1v) is 5.23. The van der Waals surface area contributed by atoms with E-state index in [0.29, 0.717) is 12.8 Å². The molecule has 0 aromatic heterocycles. The molecule has 15 heavy (non-hydrogen) atoms. The Kier molecular flexibility index (Phi) is 4.49. The van der Waals surface area contributed by atoms with Crippen molar-refractivity contribution in [1.29, 1.82) is 0 Å². The molecule has 0 saturated heterocycles. The number of allylic oxidation sites excluding steroid dienone is 1. The van der Waals surface area contributed by atoms with Crippen molar-refractivity contribution in [2.75, 3.05) is 0 Å². The molecule has 0 amide bonds. The summed E-state index contributed by atoms with van der Waals surface area (Å²) in [6.07, 6.45) is 5.35. The zero-order chi connectivity index (χ0) is 11.3. The highest BCUT2D eigenvalue weighted by Gasteiger charge is 2.27. The summed E-state index contributed by atoms with van der Waals surface area (Å²) in [5, 5.41) is 17.8. The number of ketones is 1. The molecule has 4 nitrogen and oxygen atoms in total. The lowest BCUT2D eigenvalue weighted by Gasteiger charge is -2.12. The zero-order valence-electron chi connectivity index (χ0n) is 8.56. The van der Waals surface area contributed by atoms with E-state index in [0.717, 1.165) is 12.8 Å². The van der Waals surface area contributed by atoms with E-state index in [1.54, 1.807) is 0 Å². The molecule has 2 atom stereocenters. The predicted octanol–water partition coefficient (Wildman–Crippen LogP) is 1.14. The van der Waals surface area contributed by atoms with E-state index < -0.39 is 12.1 Å². The van der Waals surface area contributed by atoms with Crippen LogP contribution in [0.3, 0.4) is 0 Å². The molecular weight excluding hydrogens is 196 g/mol. The van der Waals surface area contributed by atoms with Gasteiger partial charge in [0.05, 0.1) is 12.0 Å². The summed E-state index contributed by atoms with van der Waals surface area (Å²) < 4.78 is 0. The van der Waals surface area contributed by atoms with Crippen molar-refractivity contribution in [3.8, 4) is 0 Å². The number of aliphatic hydroxyl groups excluding tert-OH is 1. The van der Waals surface area contributed by atoms with Gasteiger partial charge in [0.1, 0.15) is 0 Å². The van der Waals surface area contributed by atoms with E-state index >= 15 is 0 Å². The van der Waals surface area contributed by atoms with Crippen molar-refractivity contribution >= 4 is 11.8 Å². The monoisotopic (exact) mass is 212 g/mol. The van der Waals surface area contributed by atoms with Crippen LogP contribution in [-0.4, -0.2) is 28.1 Å². The molecule has 0 saturated carbocycles. The van der Waals surface area contributed by atoms with Crippen LogP contribution in [0.5, 0.6) is 0 Å². The molecule has 1 aliphatic carbocycles. The largest absolute Gasteiger partial charge is 0.481 e. The van der Waals surface area contributed by atoms with Gasteiger partial charge in [-0.3, -0.25) is 9.59 Å². The van der Waals surface area contributed by atoms with Gasteiger partial charge in [-0.2, -0.15) is 0 Å². The number of carboxylic acid groups (broad SMARTS) is 1. The fourth-order valence-corrected chi connectivity index (χ4v) is 1.75. The van der Waals surface area contributed by atoms with E-state index in [4.69, 9.17) is 5.11 Å². The van der Waals surface area contributed by atoms with Crippen LogP contribution in [-0.2, 0) is 9.59 Å². The van der Waals surface area contributed by atoms with Crippen LogP contribution in [0.25, 0.3) is 0 Å². The summed E-state index contributed by atoms with van der Waals surface area (Å²) in [5.41, 5.74) is 0. The number of unbranched alkanes of at least 4 members (excludes halogenated alkanes) is 2. The maximum Gasteiger partial charge on any atom is 0.303 e. The Morgan fingerprint density at radius 2 is 2.07 bits per heavy atom. The minimum atomic E-state index is -0.784. The van der Waals surface area contributed by atoms with E-state index in [-0.39, 0.29) is 18.1 Å². The second-order valence-corrected chi connectivity index (χ2v) is 3.85. The van der Waals surface area contributed by atoms with Gasteiger partial charge in [-0.1, -0.05) is 18.9 Å². The van der Waals surface area contributed by atoms with E-state index in [1.165, 1.54) is 12.2 Å². The molecule has 1 rings (SSSR count). The number of aliphatic carboxylic acids is 1. The van der Waals surface area contributed by atoms with Gasteiger partial charge in [0.15, 0.2) is 5.78 Å². The Morgan fingerprint density at radius 1 is 1.33 bits per heavy atom. The molecule has 0 heterocycles. The van der Waals surface area contributed by atoms with Gasteiger partial charge in [-0.25, -0.2) is 0 Å². The number of rotatable bonds is 6. The maximum absolute atomic E-state index is 11.2. The van der Waals surface area contributed by atoms with Crippen LogP contribution in [0.2, 0.25) is 0 Å². The maximum atomic E-state index is 11.2. The summed E-state index contributed by atoms with van der Waals surface area (Å²) in [5.74, 6) is -1.09. The molecule has 4 heteroatoms. The quantitative estimate of drug-likeness (QED) is 0.647. The second-order valence-electron chi connectivity index (χ2n) is 3.85. The number of carbonyl (C=O) groups is 2. The fourth-order valence-electron chi connectivity index (χ4n) is 1.75. The number of hydrogen-bond donors (Lipinski definition) is 2. The molecule has 2 N–H and O–H groups in total.